The van der Waals surface area contributed by atoms with Crippen molar-refractivity contribution in [1.29, 1.82) is 0 Å². The smallest absolute Gasteiger partial charge is 0.272 e. The molecule has 3 aromatic rings. The van der Waals surface area contributed by atoms with Crippen LogP contribution in [-0.2, 0) is 0 Å². The number of nitrogens with zero attached hydrogens (tertiary/aromatic N) is 1. The first-order chi connectivity index (χ1) is 14.0. The second kappa shape index (κ2) is 9.71. The number of hydrogen-bond donors (Lipinski definition) is 2. The van der Waals surface area contributed by atoms with Crippen molar-refractivity contribution in [2.75, 3.05) is 27.2 Å². The van der Waals surface area contributed by atoms with Crippen LogP contribution in [0.1, 0.15) is 17.5 Å². The van der Waals surface area contributed by atoms with Crippen LogP contribution in [0.2, 0.25) is 0 Å². The first kappa shape index (κ1) is 20.4. The lowest BCUT2D eigenvalue weighted by Crippen LogP contribution is -2.46. The van der Waals surface area contributed by atoms with Crippen LogP contribution in [0.3, 0.4) is 0 Å². The average molecular weight is 391 g/mol. The van der Waals surface area contributed by atoms with Crippen molar-refractivity contribution in [3.05, 3.63) is 97.1 Å². The molecule has 150 valence electrons. The van der Waals surface area contributed by atoms with Gasteiger partial charge in [0.15, 0.2) is 0 Å². The SMILES string of the molecule is CN(C)CCCOc1ccc(C=c2[nH]c(=O)c(=Cc3ccccc3)[nH]c2=O)cc1. The summed E-state index contributed by atoms with van der Waals surface area (Å²) in [5.41, 5.74) is 0.939. The maximum atomic E-state index is 12.4. The monoisotopic (exact) mass is 391 g/mol. The van der Waals surface area contributed by atoms with Crippen LogP contribution in [0.5, 0.6) is 5.75 Å². The molecule has 0 radical (unpaired) electrons. The zero-order valence-electron chi connectivity index (χ0n) is 16.6. The average Bonchev–Trinajstić information content (AvgIpc) is 2.71. The van der Waals surface area contributed by atoms with Gasteiger partial charge >= 0.3 is 0 Å². The van der Waals surface area contributed by atoms with E-state index in [9.17, 15) is 9.59 Å². The molecular formula is C23H25N3O3. The third-order valence-electron chi connectivity index (χ3n) is 4.31. The van der Waals surface area contributed by atoms with E-state index in [1.165, 1.54) is 0 Å². The molecule has 0 atom stereocenters. The van der Waals surface area contributed by atoms with Crippen LogP contribution >= 0.6 is 0 Å². The van der Waals surface area contributed by atoms with Crippen molar-refractivity contribution in [3.63, 3.8) is 0 Å². The molecule has 29 heavy (non-hydrogen) atoms. The Morgan fingerprint density at radius 3 is 1.93 bits per heavy atom. The first-order valence-corrected chi connectivity index (χ1v) is 9.50. The Labute approximate surface area is 168 Å². The minimum Gasteiger partial charge on any atom is -0.494 e. The summed E-state index contributed by atoms with van der Waals surface area (Å²) in [6.45, 7) is 1.62. The Balaban J connectivity index is 1.78. The zero-order valence-corrected chi connectivity index (χ0v) is 16.6. The second-order valence-electron chi connectivity index (χ2n) is 7.01. The predicted octanol–water partition coefficient (Wildman–Crippen LogP) is 1.05. The minimum atomic E-state index is -0.351. The highest BCUT2D eigenvalue weighted by molar-refractivity contribution is 5.50. The van der Waals surface area contributed by atoms with E-state index >= 15 is 0 Å². The zero-order chi connectivity index (χ0) is 20.6. The predicted molar refractivity (Wildman–Crippen MR) is 116 cm³/mol. The van der Waals surface area contributed by atoms with E-state index in [0.717, 1.165) is 29.8 Å². The standard InChI is InChI=1S/C23H25N3O3/c1-26(2)13-6-14-29-19-11-9-18(10-12-19)16-21-23(28)24-20(22(27)25-21)15-17-7-4-3-5-8-17/h3-5,7-12,15-16H,6,13-14H2,1-2H3,(H,24,28)(H,25,27). The van der Waals surface area contributed by atoms with Gasteiger partial charge in [-0.1, -0.05) is 42.5 Å². The van der Waals surface area contributed by atoms with Gasteiger partial charge in [0.05, 0.1) is 6.61 Å². The van der Waals surface area contributed by atoms with Crippen LogP contribution in [-0.4, -0.2) is 42.1 Å². The molecule has 2 N–H and O–H groups in total. The molecule has 0 aliphatic carbocycles. The quantitative estimate of drug-likeness (QED) is 0.590. The summed E-state index contributed by atoms with van der Waals surface area (Å²) in [5.74, 6) is 0.774. The summed E-state index contributed by atoms with van der Waals surface area (Å²) in [6.07, 6.45) is 4.23. The van der Waals surface area contributed by atoms with Gasteiger partial charge in [-0.3, -0.25) is 9.59 Å². The summed E-state index contributed by atoms with van der Waals surface area (Å²) >= 11 is 0. The molecule has 3 rings (SSSR count). The molecule has 0 unspecified atom stereocenters. The summed E-state index contributed by atoms with van der Waals surface area (Å²) in [7, 11) is 4.06. The summed E-state index contributed by atoms with van der Waals surface area (Å²) < 4.78 is 5.71. The number of benzene rings is 2. The van der Waals surface area contributed by atoms with Crippen LogP contribution < -0.4 is 26.6 Å². The lowest BCUT2D eigenvalue weighted by atomic mass is 10.2. The molecule has 0 saturated carbocycles. The van der Waals surface area contributed by atoms with Crippen molar-refractivity contribution in [2.45, 2.75) is 6.42 Å². The Bertz CT molecular complexity index is 1160. The van der Waals surface area contributed by atoms with Gasteiger partial charge in [0.2, 0.25) is 0 Å². The van der Waals surface area contributed by atoms with Crippen molar-refractivity contribution >= 4 is 12.2 Å². The van der Waals surface area contributed by atoms with Gasteiger partial charge in [0.25, 0.3) is 11.1 Å². The molecule has 0 spiro atoms. The summed E-state index contributed by atoms with van der Waals surface area (Å²) in [4.78, 5) is 32.1. The fourth-order valence-corrected chi connectivity index (χ4v) is 2.81. The molecule has 2 aromatic carbocycles. The summed E-state index contributed by atoms with van der Waals surface area (Å²) in [6, 6.07) is 16.8. The maximum Gasteiger partial charge on any atom is 0.272 e. The topological polar surface area (TPSA) is 78.2 Å². The number of ether oxygens (including phenoxy) is 1. The third-order valence-corrected chi connectivity index (χ3v) is 4.31. The van der Waals surface area contributed by atoms with Gasteiger partial charge in [-0.2, -0.15) is 0 Å². The molecule has 0 aliphatic heterocycles. The van der Waals surface area contributed by atoms with Gasteiger partial charge in [0.1, 0.15) is 16.4 Å². The van der Waals surface area contributed by atoms with Crippen LogP contribution in [0.15, 0.2) is 64.2 Å². The molecule has 1 aromatic heterocycles. The van der Waals surface area contributed by atoms with Gasteiger partial charge < -0.3 is 19.6 Å². The molecule has 0 bridgehead atoms. The van der Waals surface area contributed by atoms with E-state index < -0.39 is 0 Å². The van der Waals surface area contributed by atoms with Crippen molar-refractivity contribution in [1.82, 2.24) is 14.9 Å². The highest BCUT2D eigenvalue weighted by Gasteiger charge is 1.99. The Kier molecular flexibility index (Phi) is 6.81. The molecule has 6 heteroatoms. The number of aromatic nitrogens is 2. The molecule has 0 amide bonds. The highest BCUT2D eigenvalue weighted by atomic mass is 16.5. The number of rotatable bonds is 7. The van der Waals surface area contributed by atoms with E-state index in [2.05, 4.69) is 14.9 Å². The van der Waals surface area contributed by atoms with Crippen molar-refractivity contribution in [3.8, 4) is 5.75 Å². The minimum absolute atomic E-state index is 0.208. The van der Waals surface area contributed by atoms with Gasteiger partial charge in [-0.25, -0.2) is 0 Å². The number of hydrogen-bond acceptors (Lipinski definition) is 4. The third kappa shape index (κ3) is 6.05. The van der Waals surface area contributed by atoms with E-state index in [1.54, 1.807) is 12.2 Å². The molecule has 0 fully saturated rings. The van der Waals surface area contributed by atoms with Crippen molar-refractivity contribution in [2.24, 2.45) is 0 Å². The van der Waals surface area contributed by atoms with Crippen LogP contribution in [0.4, 0.5) is 0 Å². The second-order valence-corrected chi connectivity index (χ2v) is 7.01. The van der Waals surface area contributed by atoms with Gasteiger partial charge in [0, 0.05) is 6.54 Å². The van der Waals surface area contributed by atoms with E-state index in [1.807, 2.05) is 68.7 Å². The van der Waals surface area contributed by atoms with E-state index in [4.69, 9.17) is 4.74 Å². The number of nitrogens with one attached hydrogen (secondary N) is 2. The van der Waals surface area contributed by atoms with Gasteiger partial charge in [-0.15, -0.1) is 0 Å². The lowest BCUT2D eigenvalue weighted by Gasteiger charge is -2.10. The Hall–Kier alpha value is -3.38. The molecule has 1 heterocycles. The molecule has 0 saturated heterocycles. The Morgan fingerprint density at radius 1 is 0.828 bits per heavy atom. The van der Waals surface area contributed by atoms with E-state index in [0.29, 0.717) is 6.61 Å². The fourth-order valence-electron chi connectivity index (χ4n) is 2.81. The lowest BCUT2D eigenvalue weighted by molar-refractivity contribution is 0.281. The molecule has 0 aliphatic rings. The molecule has 6 nitrogen and oxygen atoms in total. The van der Waals surface area contributed by atoms with Gasteiger partial charge in [-0.05, 0) is 55.9 Å². The van der Waals surface area contributed by atoms with Crippen molar-refractivity contribution < 1.29 is 4.74 Å². The Morgan fingerprint density at radius 2 is 1.38 bits per heavy atom. The first-order valence-electron chi connectivity index (χ1n) is 9.50. The largest absolute Gasteiger partial charge is 0.494 e. The normalized spacial score (nSPS) is 12.5. The van der Waals surface area contributed by atoms with Crippen LogP contribution in [0, 0.1) is 0 Å². The highest BCUT2D eigenvalue weighted by Crippen LogP contribution is 2.12. The number of H-pyrrole nitrogens is 2. The fraction of sp³-hybridized carbons (Fsp3) is 0.217. The van der Waals surface area contributed by atoms with E-state index in [-0.39, 0.29) is 21.8 Å². The van der Waals surface area contributed by atoms with Crippen LogP contribution in [0.25, 0.3) is 12.2 Å². The maximum absolute atomic E-state index is 12.4. The number of aromatic amines is 2. The molecular weight excluding hydrogens is 366 g/mol. The summed E-state index contributed by atoms with van der Waals surface area (Å²) in [5, 5.41) is 0.430.